The Labute approximate surface area is 149 Å². The second-order valence-corrected chi connectivity index (χ2v) is 6.22. The predicted molar refractivity (Wildman–Crippen MR) is 95.5 cm³/mol. The van der Waals surface area contributed by atoms with E-state index in [1.807, 2.05) is 38.1 Å². The molecule has 0 aromatic heterocycles. The Morgan fingerprint density at radius 2 is 1.96 bits per heavy atom. The molecule has 1 heterocycles. The molecule has 1 aromatic rings. The Balaban J connectivity index is 1.90. The highest BCUT2D eigenvalue weighted by Crippen LogP contribution is 2.21. The van der Waals surface area contributed by atoms with E-state index in [2.05, 4.69) is 5.32 Å². The Hall–Kier alpha value is -2.24. The Kier molecular flexibility index (Phi) is 7.10. The van der Waals surface area contributed by atoms with Gasteiger partial charge in [0, 0.05) is 13.1 Å². The fraction of sp³-hybridized carbons (Fsp3) is 0.579. The number of carbonyl (C=O) groups is 2. The number of benzene rings is 1. The zero-order chi connectivity index (χ0) is 18.2. The van der Waals surface area contributed by atoms with Crippen LogP contribution in [0.15, 0.2) is 24.3 Å². The van der Waals surface area contributed by atoms with Gasteiger partial charge in [-0.15, -0.1) is 0 Å². The second kappa shape index (κ2) is 9.30. The van der Waals surface area contributed by atoms with Crippen LogP contribution in [-0.4, -0.2) is 43.2 Å². The van der Waals surface area contributed by atoms with Gasteiger partial charge in [-0.1, -0.05) is 12.1 Å². The molecule has 0 aliphatic carbocycles. The molecule has 1 aromatic carbocycles. The third-order valence-electron chi connectivity index (χ3n) is 4.37. The van der Waals surface area contributed by atoms with Crippen molar-refractivity contribution >= 4 is 12.0 Å². The van der Waals surface area contributed by atoms with Crippen LogP contribution in [0.4, 0.5) is 4.79 Å². The standard InChI is InChI=1S/C19H28N2O4/c1-4-24-17-10-8-15(9-11-17)14(3)20-18(22)16-7-6-12-21(13-16)19(23)25-5-2/h8-11,14,16H,4-7,12-13H2,1-3H3,(H,20,22). The SMILES string of the molecule is CCOC(=O)N1CCCC(C(=O)NC(C)c2ccc(OCC)cc2)C1. The molecule has 1 N–H and O–H groups in total. The zero-order valence-electron chi connectivity index (χ0n) is 15.3. The van der Waals surface area contributed by atoms with Crippen LogP contribution in [0.5, 0.6) is 5.75 Å². The normalized spacial score (nSPS) is 18.4. The molecule has 1 saturated heterocycles. The van der Waals surface area contributed by atoms with Crippen LogP contribution < -0.4 is 10.1 Å². The van der Waals surface area contributed by atoms with Gasteiger partial charge in [-0.3, -0.25) is 4.79 Å². The summed E-state index contributed by atoms with van der Waals surface area (Å²) in [5.74, 6) is 0.612. The molecule has 0 bridgehead atoms. The van der Waals surface area contributed by atoms with Crippen molar-refractivity contribution in [3.8, 4) is 5.75 Å². The fourth-order valence-electron chi connectivity index (χ4n) is 3.01. The van der Waals surface area contributed by atoms with Crippen LogP contribution in [0, 0.1) is 5.92 Å². The van der Waals surface area contributed by atoms with Crippen molar-refractivity contribution in [2.24, 2.45) is 5.92 Å². The minimum absolute atomic E-state index is 0.0182. The first-order valence-corrected chi connectivity index (χ1v) is 9.00. The van der Waals surface area contributed by atoms with Gasteiger partial charge in [0.1, 0.15) is 5.75 Å². The number of nitrogens with one attached hydrogen (secondary N) is 1. The second-order valence-electron chi connectivity index (χ2n) is 6.22. The lowest BCUT2D eigenvalue weighted by atomic mass is 9.96. The summed E-state index contributed by atoms with van der Waals surface area (Å²) in [6.45, 7) is 7.73. The van der Waals surface area contributed by atoms with E-state index in [1.165, 1.54) is 0 Å². The van der Waals surface area contributed by atoms with E-state index in [4.69, 9.17) is 9.47 Å². The average Bonchev–Trinajstić information content (AvgIpc) is 2.63. The van der Waals surface area contributed by atoms with Gasteiger partial charge in [-0.05, 0) is 51.3 Å². The van der Waals surface area contributed by atoms with E-state index in [0.29, 0.717) is 26.3 Å². The molecule has 6 heteroatoms. The van der Waals surface area contributed by atoms with E-state index in [9.17, 15) is 9.59 Å². The van der Waals surface area contributed by atoms with Crippen molar-refractivity contribution in [1.29, 1.82) is 0 Å². The monoisotopic (exact) mass is 348 g/mol. The van der Waals surface area contributed by atoms with Crippen molar-refractivity contribution in [2.45, 2.75) is 39.7 Å². The van der Waals surface area contributed by atoms with E-state index < -0.39 is 0 Å². The molecule has 1 aliphatic heterocycles. The number of ether oxygens (including phenoxy) is 2. The molecule has 1 fully saturated rings. The third kappa shape index (κ3) is 5.37. The molecule has 0 saturated carbocycles. The molecule has 1 aliphatic rings. The molecule has 138 valence electrons. The molecule has 2 atom stereocenters. The Morgan fingerprint density at radius 3 is 2.60 bits per heavy atom. The van der Waals surface area contributed by atoms with Gasteiger partial charge in [0.15, 0.2) is 0 Å². The average molecular weight is 348 g/mol. The van der Waals surface area contributed by atoms with Gasteiger partial charge >= 0.3 is 6.09 Å². The van der Waals surface area contributed by atoms with Crippen LogP contribution in [0.1, 0.15) is 45.2 Å². The van der Waals surface area contributed by atoms with Gasteiger partial charge in [0.25, 0.3) is 0 Å². The van der Waals surface area contributed by atoms with Crippen molar-refractivity contribution < 1.29 is 19.1 Å². The highest BCUT2D eigenvalue weighted by atomic mass is 16.6. The maximum Gasteiger partial charge on any atom is 0.409 e. The summed E-state index contributed by atoms with van der Waals surface area (Å²) in [5, 5.41) is 3.05. The molecule has 0 spiro atoms. The maximum atomic E-state index is 12.6. The topological polar surface area (TPSA) is 67.9 Å². The molecular formula is C19H28N2O4. The molecular weight excluding hydrogens is 320 g/mol. The van der Waals surface area contributed by atoms with Gasteiger partial charge in [0.2, 0.25) is 5.91 Å². The number of hydrogen-bond acceptors (Lipinski definition) is 4. The van der Waals surface area contributed by atoms with E-state index in [1.54, 1.807) is 11.8 Å². The summed E-state index contributed by atoms with van der Waals surface area (Å²) in [4.78, 5) is 26.0. The van der Waals surface area contributed by atoms with Gasteiger partial charge in [-0.25, -0.2) is 4.79 Å². The first-order chi connectivity index (χ1) is 12.0. The number of rotatable bonds is 6. The number of nitrogens with zero attached hydrogens (tertiary/aromatic N) is 1. The highest BCUT2D eigenvalue weighted by molar-refractivity contribution is 5.80. The van der Waals surface area contributed by atoms with Crippen molar-refractivity contribution in [3.63, 3.8) is 0 Å². The Bertz CT molecular complexity index is 573. The molecule has 2 rings (SSSR count). The van der Waals surface area contributed by atoms with Gasteiger partial charge in [-0.2, -0.15) is 0 Å². The largest absolute Gasteiger partial charge is 0.494 e. The van der Waals surface area contributed by atoms with Crippen LogP contribution in [-0.2, 0) is 9.53 Å². The van der Waals surface area contributed by atoms with Gasteiger partial charge in [0.05, 0.1) is 25.2 Å². The predicted octanol–water partition coefficient (Wildman–Crippen LogP) is 3.13. The highest BCUT2D eigenvalue weighted by Gasteiger charge is 2.29. The number of likely N-dealkylation sites (tertiary alicyclic amines) is 1. The van der Waals surface area contributed by atoms with Crippen LogP contribution >= 0.6 is 0 Å². The quantitative estimate of drug-likeness (QED) is 0.858. The summed E-state index contributed by atoms with van der Waals surface area (Å²) in [6.07, 6.45) is 1.27. The lowest BCUT2D eigenvalue weighted by molar-refractivity contribution is -0.127. The van der Waals surface area contributed by atoms with Gasteiger partial charge < -0.3 is 19.7 Å². The molecule has 6 nitrogen and oxygen atoms in total. The fourth-order valence-corrected chi connectivity index (χ4v) is 3.01. The molecule has 2 unspecified atom stereocenters. The van der Waals surface area contributed by atoms with E-state index in [0.717, 1.165) is 24.2 Å². The summed E-state index contributed by atoms with van der Waals surface area (Å²) in [5.41, 5.74) is 1.02. The smallest absolute Gasteiger partial charge is 0.409 e. The molecule has 25 heavy (non-hydrogen) atoms. The van der Waals surface area contributed by atoms with Crippen molar-refractivity contribution in [1.82, 2.24) is 10.2 Å². The van der Waals surface area contributed by atoms with Crippen molar-refractivity contribution in [3.05, 3.63) is 29.8 Å². The summed E-state index contributed by atoms with van der Waals surface area (Å²) in [6, 6.07) is 7.64. The summed E-state index contributed by atoms with van der Waals surface area (Å²) >= 11 is 0. The van der Waals surface area contributed by atoms with Crippen LogP contribution in [0.25, 0.3) is 0 Å². The number of carbonyl (C=O) groups excluding carboxylic acids is 2. The maximum absolute atomic E-state index is 12.6. The first kappa shape index (κ1) is 19.1. The van der Waals surface area contributed by atoms with Crippen LogP contribution in [0.2, 0.25) is 0 Å². The minimum Gasteiger partial charge on any atom is -0.494 e. The van der Waals surface area contributed by atoms with Crippen LogP contribution in [0.3, 0.4) is 0 Å². The lowest BCUT2D eigenvalue weighted by Gasteiger charge is -2.31. The molecule has 0 radical (unpaired) electrons. The minimum atomic E-state index is -0.334. The first-order valence-electron chi connectivity index (χ1n) is 9.00. The zero-order valence-corrected chi connectivity index (χ0v) is 15.3. The number of piperidine rings is 1. The van der Waals surface area contributed by atoms with E-state index in [-0.39, 0.29) is 24.0 Å². The lowest BCUT2D eigenvalue weighted by Crippen LogP contribution is -2.46. The van der Waals surface area contributed by atoms with Crippen molar-refractivity contribution in [2.75, 3.05) is 26.3 Å². The number of amides is 2. The Morgan fingerprint density at radius 1 is 1.24 bits per heavy atom. The summed E-state index contributed by atoms with van der Waals surface area (Å²) < 4.78 is 10.5. The summed E-state index contributed by atoms with van der Waals surface area (Å²) in [7, 11) is 0. The number of hydrogen-bond donors (Lipinski definition) is 1. The van der Waals surface area contributed by atoms with E-state index >= 15 is 0 Å². The third-order valence-corrected chi connectivity index (χ3v) is 4.37. The molecule has 2 amide bonds.